The largest absolute Gasteiger partial charge is 0.494 e. The number of carbonyl (C=O) groups is 1. The topological polar surface area (TPSA) is 69.0 Å². The van der Waals surface area contributed by atoms with E-state index in [-0.39, 0.29) is 11.7 Å². The van der Waals surface area contributed by atoms with Crippen molar-refractivity contribution in [2.24, 2.45) is 0 Å². The van der Waals surface area contributed by atoms with Gasteiger partial charge in [0.15, 0.2) is 0 Å². The first-order valence-corrected chi connectivity index (χ1v) is 8.64. The third-order valence-corrected chi connectivity index (χ3v) is 3.96. The van der Waals surface area contributed by atoms with Gasteiger partial charge in [-0.2, -0.15) is 0 Å². The van der Waals surface area contributed by atoms with Crippen molar-refractivity contribution in [2.45, 2.75) is 20.4 Å². The van der Waals surface area contributed by atoms with Crippen molar-refractivity contribution < 1.29 is 9.53 Å². The van der Waals surface area contributed by atoms with E-state index in [0.29, 0.717) is 24.0 Å². The van der Waals surface area contributed by atoms with Gasteiger partial charge in [0.05, 0.1) is 12.3 Å². The van der Waals surface area contributed by atoms with E-state index in [0.717, 1.165) is 17.0 Å². The molecule has 0 radical (unpaired) electrons. The van der Waals surface area contributed by atoms with Gasteiger partial charge in [-0.05, 0) is 55.8 Å². The van der Waals surface area contributed by atoms with E-state index in [1.54, 1.807) is 23.7 Å². The standard InChI is InChI=1S/C19H19ClN4O2/c1-3-26-17-6-4-5-14(11-17)12-21-19(25)18-22-13(2)24(23-18)16-9-7-15(20)8-10-16/h4-11H,3,12H2,1-2H3,(H,21,25). The molecule has 2 aromatic carbocycles. The molecule has 0 unspecified atom stereocenters. The molecule has 0 bridgehead atoms. The Morgan fingerprint density at radius 1 is 1.23 bits per heavy atom. The van der Waals surface area contributed by atoms with Crippen LogP contribution in [0.15, 0.2) is 48.5 Å². The number of nitrogens with zero attached hydrogens (tertiary/aromatic N) is 3. The van der Waals surface area contributed by atoms with Crippen LogP contribution >= 0.6 is 11.6 Å². The maximum Gasteiger partial charge on any atom is 0.291 e. The fraction of sp³-hybridized carbons (Fsp3) is 0.211. The van der Waals surface area contributed by atoms with Gasteiger partial charge in [0.1, 0.15) is 11.6 Å². The first kappa shape index (κ1) is 17.9. The molecule has 0 fully saturated rings. The number of benzene rings is 2. The SMILES string of the molecule is CCOc1cccc(CNC(=O)c2nc(C)n(-c3ccc(Cl)cc3)n2)c1. The maximum atomic E-state index is 12.4. The molecule has 0 aliphatic heterocycles. The molecule has 0 saturated carbocycles. The first-order valence-electron chi connectivity index (χ1n) is 8.26. The van der Waals surface area contributed by atoms with E-state index >= 15 is 0 Å². The van der Waals surface area contributed by atoms with Crippen molar-refractivity contribution in [2.75, 3.05) is 6.61 Å². The Hall–Kier alpha value is -2.86. The fourth-order valence-corrected chi connectivity index (χ4v) is 2.61. The molecule has 6 nitrogen and oxygen atoms in total. The van der Waals surface area contributed by atoms with Crippen LogP contribution in [0.5, 0.6) is 5.75 Å². The van der Waals surface area contributed by atoms with Gasteiger partial charge in [-0.15, -0.1) is 5.10 Å². The highest BCUT2D eigenvalue weighted by molar-refractivity contribution is 6.30. The highest BCUT2D eigenvalue weighted by atomic mass is 35.5. The molecule has 134 valence electrons. The third kappa shape index (κ3) is 4.21. The number of halogens is 1. The minimum atomic E-state index is -0.331. The number of aromatic nitrogens is 3. The maximum absolute atomic E-state index is 12.4. The van der Waals surface area contributed by atoms with Crippen molar-refractivity contribution in [3.8, 4) is 11.4 Å². The number of hydrogen-bond donors (Lipinski definition) is 1. The zero-order valence-corrected chi connectivity index (χ0v) is 15.3. The summed E-state index contributed by atoms with van der Waals surface area (Å²) in [7, 11) is 0. The predicted molar refractivity (Wildman–Crippen MR) is 99.9 cm³/mol. The van der Waals surface area contributed by atoms with Gasteiger partial charge in [-0.3, -0.25) is 4.79 Å². The monoisotopic (exact) mass is 370 g/mol. The Morgan fingerprint density at radius 3 is 2.73 bits per heavy atom. The second-order valence-electron chi connectivity index (χ2n) is 5.63. The van der Waals surface area contributed by atoms with E-state index in [9.17, 15) is 4.79 Å². The molecule has 3 rings (SSSR count). The summed E-state index contributed by atoms with van der Waals surface area (Å²) < 4.78 is 7.08. The number of carbonyl (C=O) groups excluding carboxylic acids is 1. The number of amides is 1. The average molecular weight is 371 g/mol. The van der Waals surface area contributed by atoms with E-state index in [1.807, 2.05) is 43.3 Å². The molecule has 3 aromatic rings. The number of aryl methyl sites for hydroxylation is 1. The van der Waals surface area contributed by atoms with Gasteiger partial charge >= 0.3 is 0 Å². The van der Waals surface area contributed by atoms with Crippen molar-refractivity contribution in [1.82, 2.24) is 20.1 Å². The lowest BCUT2D eigenvalue weighted by Crippen LogP contribution is -2.24. The van der Waals surface area contributed by atoms with E-state index in [2.05, 4.69) is 15.4 Å². The Morgan fingerprint density at radius 2 is 2.00 bits per heavy atom. The molecule has 0 saturated heterocycles. The van der Waals surface area contributed by atoms with Crippen molar-refractivity contribution in [3.05, 3.63) is 70.8 Å². The van der Waals surface area contributed by atoms with Crippen molar-refractivity contribution >= 4 is 17.5 Å². The van der Waals surface area contributed by atoms with Crippen LogP contribution in [0.2, 0.25) is 5.02 Å². The summed E-state index contributed by atoms with van der Waals surface area (Å²) in [5.41, 5.74) is 1.74. The number of ether oxygens (including phenoxy) is 1. The van der Waals surface area contributed by atoms with Gasteiger partial charge < -0.3 is 10.1 Å². The zero-order valence-electron chi connectivity index (χ0n) is 14.6. The summed E-state index contributed by atoms with van der Waals surface area (Å²) in [5, 5.41) is 7.76. The quantitative estimate of drug-likeness (QED) is 0.720. The van der Waals surface area contributed by atoms with E-state index in [1.165, 1.54) is 0 Å². The highest BCUT2D eigenvalue weighted by Gasteiger charge is 2.15. The molecule has 0 aliphatic carbocycles. The molecular formula is C19H19ClN4O2. The lowest BCUT2D eigenvalue weighted by Gasteiger charge is -2.06. The Bertz CT molecular complexity index is 906. The summed E-state index contributed by atoms with van der Waals surface area (Å²) >= 11 is 5.91. The van der Waals surface area contributed by atoms with Crippen LogP contribution in [0, 0.1) is 6.92 Å². The molecule has 1 heterocycles. The normalized spacial score (nSPS) is 10.6. The van der Waals surface area contributed by atoms with Crippen LogP contribution in [0.3, 0.4) is 0 Å². The lowest BCUT2D eigenvalue weighted by molar-refractivity contribution is 0.0940. The zero-order chi connectivity index (χ0) is 18.5. The van der Waals surface area contributed by atoms with Crippen LogP contribution in [0.4, 0.5) is 0 Å². The van der Waals surface area contributed by atoms with Crippen molar-refractivity contribution in [3.63, 3.8) is 0 Å². The van der Waals surface area contributed by atoms with Crippen LogP contribution in [0.1, 0.15) is 28.9 Å². The molecule has 7 heteroatoms. The van der Waals surface area contributed by atoms with Crippen molar-refractivity contribution in [1.29, 1.82) is 0 Å². The molecule has 26 heavy (non-hydrogen) atoms. The molecule has 1 amide bonds. The molecule has 0 spiro atoms. The summed E-state index contributed by atoms with van der Waals surface area (Å²) in [4.78, 5) is 16.6. The van der Waals surface area contributed by atoms with Gasteiger partial charge in [0.2, 0.25) is 5.82 Å². The Balaban J connectivity index is 1.70. The van der Waals surface area contributed by atoms with Crippen LogP contribution < -0.4 is 10.1 Å². The summed E-state index contributed by atoms with van der Waals surface area (Å²) in [5.74, 6) is 1.19. The van der Waals surface area contributed by atoms with Gasteiger partial charge in [0, 0.05) is 11.6 Å². The van der Waals surface area contributed by atoms with E-state index < -0.39 is 0 Å². The van der Waals surface area contributed by atoms with Crippen LogP contribution in [0.25, 0.3) is 5.69 Å². The number of rotatable bonds is 6. The van der Waals surface area contributed by atoms with E-state index in [4.69, 9.17) is 16.3 Å². The van der Waals surface area contributed by atoms with Gasteiger partial charge in [-0.1, -0.05) is 23.7 Å². The summed E-state index contributed by atoms with van der Waals surface area (Å²) in [6.07, 6.45) is 0. The van der Waals surface area contributed by atoms with Gasteiger partial charge in [0.25, 0.3) is 5.91 Å². The Kier molecular flexibility index (Phi) is 5.53. The molecule has 1 aromatic heterocycles. The third-order valence-electron chi connectivity index (χ3n) is 3.71. The first-order chi connectivity index (χ1) is 12.6. The molecule has 1 N–H and O–H groups in total. The smallest absolute Gasteiger partial charge is 0.291 e. The summed E-state index contributed by atoms with van der Waals surface area (Å²) in [6, 6.07) is 14.8. The highest BCUT2D eigenvalue weighted by Crippen LogP contribution is 2.15. The molecule has 0 aliphatic rings. The average Bonchev–Trinajstić information content (AvgIpc) is 3.03. The minimum Gasteiger partial charge on any atom is -0.494 e. The van der Waals surface area contributed by atoms with Crippen LogP contribution in [-0.4, -0.2) is 27.3 Å². The minimum absolute atomic E-state index is 0.124. The number of nitrogens with one attached hydrogen (secondary N) is 1. The predicted octanol–water partition coefficient (Wildman–Crippen LogP) is 3.56. The Labute approximate surface area is 156 Å². The second-order valence-corrected chi connectivity index (χ2v) is 6.07. The number of hydrogen-bond acceptors (Lipinski definition) is 4. The van der Waals surface area contributed by atoms with Gasteiger partial charge in [-0.25, -0.2) is 9.67 Å². The fourth-order valence-electron chi connectivity index (χ4n) is 2.49. The lowest BCUT2D eigenvalue weighted by atomic mass is 10.2. The second kappa shape index (κ2) is 8.01. The van der Waals surface area contributed by atoms with Crippen LogP contribution in [-0.2, 0) is 6.54 Å². The molecule has 0 atom stereocenters. The summed E-state index contributed by atoms with van der Waals surface area (Å²) in [6.45, 7) is 4.69. The molecular weight excluding hydrogens is 352 g/mol.